The molecule has 0 amide bonds. The molecule has 6 aliphatic heterocycles. The lowest BCUT2D eigenvalue weighted by Gasteiger charge is -2.68. The summed E-state index contributed by atoms with van der Waals surface area (Å²) >= 11 is 0. The molecular formula is C70H97NO22S. The van der Waals surface area contributed by atoms with Crippen LogP contribution in [0.4, 0.5) is 0 Å². The first kappa shape index (κ1) is 71.4. The summed E-state index contributed by atoms with van der Waals surface area (Å²) in [7, 11) is -4.67. The number of benzene rings is 1. The minimum atomic E-state index is -4.67. The molecular weight excluding hydrogens is 1240 g/mol. The monoisotopic (exact) mass is 1340 g/mol. The Hall–Kier alpha value is -5.35. The Balaban J connectivity index is 0.000000192. The molecule has 12 rings (SSSR count). The molecule has 18 atom stereocenters. The number of ether oxygens (including phenoxy) is 5. The summed E-state index contributed by atoms with van der Waals surface area (Å²) in [6.07, 6.45) is 15.4. The number of aromatic hydroxyl groups is 1. The number of hydrogen-bond donors (Lipinski definition) is 11. The highest BCUT2D eigenvalue weighted by Crippen LogP contribution is 2.78. The first-order valence-electron chi connectivity index (χ1n) is 33.0. The van der Waals surface area contributed by atoms with Crippen molar-refractivity contribution in [1.29, 1.82) is 0 Å². The number of phenols is 1. The molecule has 23 nitrogen and oxygen atoms in total. The smallest absolute Gasteiger partial charge is 0.394 e. The number of carboxylic acids is 2. The van der Waals surface area contributed by atoms with E-state index in [2.05, 4.69) is 17.9 Å². The summed E-state index contributed by atoms with van der Waals surface area (Å²) in [6, 6.07) is -0.387. The van der Waals surface area contributed by atoms with E-state index in [0.29, 0.717) is 92.7 Å². The van der Waals surface area contributed by atoms with Crippen LogP contribution >= 0.6 is 0 Å². The Morgan fingerprint density at radius 3 is 2.05 bits per heavy atom. The van der Waals surface area contributed by atoms with Crippen molar-refractivity contribution in [1.82, 2.24) is 4.90 Å². The number of rotatable bonds is 11. The van der Waals surface area contributed by atoms with Gasteiger partial charge in [0.25, 0.3) is 0 Å². The third kappa shape index (κ3) is 10.5. The van der Waals surface area contributed by atoms with Gasteiger partial charge in [0.05, 0.1) is 22.9 Å². The lowest BCUT2D eigenvalue weighted by Crippen LogP contribution is -2.85. The van der Waals surface area contributed by atoms with E-state index in [4.69, 9.17) is 41.2 Å². The largest absolute Gasteiger partial charge is 0.506 e. The average molecular weight is 1340 g/mol. The van der Waals surface area contributed by atoms with Gasteiger partial charge in [-0.15, -0.1) is 0 Å². The third-order valence-corrected chi connectivity index (χ3v) is 24.1. The number of Topliss-reactive ketones (excluding diaryl/α,β-unsaturated/α-hetero) is 1. The van der Waals surface area contributed by atoms with Crippen LogP contribution in [-0.2, 0) is 45.4 Å². The minimum Gasteiger partial charge on any atom is -0.506 e. The van der Waals surface area contributed by atoms with Crippen LogP contribution in [0.3, 0.4) is 0 Å². The molecule has 94 heavy (non-hydrogen) atoms. The number of fused-ring (bicyclic) bond motifs is 7. The fourth-order valence-electron chi connectivity index (χ4n) is 19.4. The van der Waals surface area contributed by atoms with Gasteiger partial charge in [-0.25, -0.2) is 14.4 Å². The highest BCUT2D eigenvalue weighted by Gasteiger charge is 2.89. The van der Waals surface area contributed by atoms with Crippen LogP contribution in [0.2, 0.25) is 0 Å². The Morgan fingerprint density at radius 2 is 1.44 bits per heavy atom. The molecule has 4 saturated carbocycles. The van der Waals surface area contributed by atoms with Crippen LogP contribution in [-0.4, -0.2) is 180 Å². The quantitative estimate of drug-likeness (QED) is 0.0434. The minimum absolute atomic E-state index is 0.0407. The summed E-state index contributed by atoms with van der Waals surface area (Å²) in [5.74, 6) is -7.58. The van der Waals surface area contributed by atoms with Crippen molar-refractivity contribution in [3.63, 3.8) is 0 Å². The molecule has 0 aromatic heterocycles. The van der Waals surface area contributed by atoms with Crippen molar-refractivity contribution in [2.75, 3.05) is 13.1 Å². The molecule has 11 aliphatic rings. The number of nitrogens with zero attached hydrogens (tertiary/aromatic N) is 1. The second-order valence-electron chi connectivity index (χ2n) is 30.6. The maximum Gasteiger partial charge on any atom is 0.394 e. The van der Waals surface area contributed by atoms with Gasteiger partial charge >= 0.3 is 28.3 Å². The number of piperidine rings is 2. The van der Waals surface area contributed by atoms with Crippen LogP contribution in [0, 0.1) is 35.0 Å². The number of carbonyl (C=O) groups excluding carboxylic acids is 2. The standard InChI is InChI=1S/C38H46O9.C32H49NO9.H2O4S/c1-21(2)11-10-18-36(8)19-17-24-29(39)28-30(40)26-12-9-13-27-35(6,7)47-37(34(43)44,20-16-23(5)33(41)42)38(26,27)46-32(28)25(31(24)45-36)15-14-22(3)4;1-6-18(3)25(35)41-24-11-12-26(4)19-8-9-20-28(37)13-23(34)31(39)21(29(28,38)16-30(20,26)42-32(19,24)40)15-33-14-17(2)7-10-22(33)27(31,5)36;1-5(2,3)4/h11-12,14,16-17,19,27,39H,9-10,13,15,18,20H2,1-8H3,(H,41,42)(H,43,44);6,17,19-24,34,36-40H,7-16H2,1-5H3;(H2,1,2,3,4). The summed E-state index contributed by atoms with van der Waals surface area (Å²) in [4.78, 5) is 54.9. The number of ketones is 1. The van der Waals surface area contributed by atoms with Crippen LogP contribution < -0.4 is 9.47 Å². The topological polar surface area (TPSA) is 374 Å². The van der Waals surface area contributed by atoms with Gasteiger partial charge in [0.15, 0.2) is 17.5 Å². The maximum atomic E-state index is 14.7. The molecule has 0 radical (unpaired) electrons. The Bertz CT molecular complexity index is 3610. The zero-order valence-electron chi connectivity index (χ0n) is 56.2. The second-order valence-corrected chi connectivity index (χ2v) is 31.5. The van der Waals surface area contributed by atoms with Crippen molar-refractivity contribution in [3.8, 4) is 17.2 Å². The summed E-state index contributed by atoms with van der Waals surface area (Å²) in [6.45, 7) is 25.0. The number of aliphatic hydroxyl groups excluding tert-OH is 1. The van der Waals surface area contributed by atoms with Crippen molar-refractivity contribution >= 4 is 40.2 Å². The number of esters is 1. The lowest BCUT2D eigenvalue weighted by molar-refractivity contribution is -0.354. The fraction of sp³-hybridized carbons (Fsp3) is 0.686. The summed E-state index contributed by atoms with van der Waals surface area (Å²) < 4.78 is 64.4. The third-order valence-electron chi connectivity index (χ3n) is 24.1. The van der Waals surface area contributed by atoms with E-state index in [0.717, 1.165) is 18.4 Å². The molecule has 1 aromatic rings. The van der Waals surface area contributed by atoms with E-state index in [1.807, 2.05) is 53.7 Å². The van der Waals surface area contributed by atoms with E-state index in [1.165, 1.54) is 18.6 Å². The van der Waals surface area contributed by atoms with E-state index >= 15 is 0 Å². The van der Waals surface area contributed by atoms with Gasteiger partial charge in [-0.1, -0.05) is 55.4 Å². The van der Waals surface area contributed by atoms with Crippen molar-refractivity contribution in [2.24, 2.45) is 35.0 Å². The maximum absolute atomic E-state index is 14.7. The van der Waals surface area contributed by atoms with Crippen molar-refractivity contribution < 1.29 is 106 Å². The van der Waals surface area contributed by atoms with E-state index in [-0.39, 0.29) is 60.1 Å². The Labute approximate surface area is 549 Å². The summed E-state index contributed by atoms with van der Waals surface area (Å²) in [5, 5.41) is 106. The Morgan fingerprint density at radius 1 is 0.787 bits per heavy atom. The molecule has 11 N–H and O–H groups in total. The predicted molar refractivity (Wildman–Crippen MR) is 342 cm³/mol. The number of hydrogen-bond acceptors (Lipinski definition) is 19. The van der Waals surface area contributed by atoms with Gasteiger partial charge in [0, 0.05) is 89.8 Å². The number of carboxylic acid groups (broad SMARTS) is 2. The lowest BCUT2D eigenvalue weighted by atomic mass is 9.49. The SMILES string of the molecule is CC(C)=CCCC1(C)C=Cc2c(O)c3c(c(CC=C(C)C)c2O1)OC12C(=CCCC1C(C)(C)OC2(CC=C(C)C(=O)O)C(=O)O)C3=O.CC=C(C)C(=O)OC1CCC2(C)C3CCC4C5(O)CC(O)C6(O)C(CN7CC(C)CCC7C6(C)O)C5(O)CC42OC13O.O=S(=O)(O)O. The van der Waals surface area contributed by atoms with Gasteiger partial charge in [0.1, 0.15) is 50.8 Å². The van der Waals surface area contributed by atoms with E-state index in [1.54, 1.807) is 52.8 Å². The van der Waals surface area contributed by atoms with Gasteiger partial charge in [-0.2, -0.15) is 8.42 Å². The zero-order valence-corrected chi connectivity index (χ0v) is 57.1. The van der Waals surface area contributed by atoms with E-state index in [9.17, 15) is 65.1 Å². The summed E-state index contributed by atoms with van der Waals surface area (Å²) in [5.41, 5.74) is -11.6. The average Bonchev–Trinajstić information content (AvgIpc) is 1.45. The van der Waals surface area contributed by atoms with Gasteiger partial charge < -0.3 is 69.6 Å². The molecule has 1 aromatic carbocycles. The number of carbonyl (C=O) groups is 4. The van der Waals surface area contributed by atoms with Gasteiger partial charge in [-0.3, -0.25) is 18.8 Å². The molecule has 4 saturated heterocycles. The number of phenolic OH excluding ortho intramolecular Hbond substituents is 1. The van der Waals surface area contributed by atoms with E-state index < -0.39 is 132 Å². The molecule has 5 aliphatic carbocycles. The van der Waals surface area contributed by atoms with Crippen molar-refractivity contribution in [2.45, 2.75) is 254 Å². The first-order chi connectivity index (χ1) is 43.4. The number of allylic oxidation sites excluding steroid dienone is 6. The molecule has 8 fully saturated rings. The molecule has 4 bridgehead atoms. The first-order valence-corrected chi connectivity index (χ1v) is 34.4. The number of aliphatic carboxylic acids is 2. The van der Waals surface area contributed by atoms with Crippen LogP contribution in [0.1, 0.15) is 195 Å². The van der Waals surface area contributed by atoms with Crippen molar-refractivity contribution in [3.05, 3.63) is 81.0 Å². The molecule has 18 unspecified atom stereocenters. The zero-order chi connectivity index (χ0) is 69.7. The molecule has 2 spiro atoms. The normalized spacial score (nSPS) is 41.8. The fourth-order valence-corrected chi connectivity index (χ4v) is 19.4. The van der Waals surface area contributed by atoms with Gasteiger partial charge in [-0.05, 0) is 165 Å². The second kappa shape index (κ2) is 23.7. The van der Waals surface area contributed by atoms with Crippen LogP contribution in [0.5, 0.6) is 17.2 Å². The molecule has 6 heterocycles. The highest BCUT2D eigenvalue weighted by molar-refractivity contribution is 7.79. The van der Waals surface area contributed by atoms with Gasteiger partial charge in [0.2, 0.25) is 11.4 Å². The highest BCUT2D eigenvalue weighted by atomic mass is 32.3. The molecule has 24 heteroatoms. The molecule has 520 valence electrons. The van der Waals surface area contributed by atoms with Crippen LogP contribution in [0.15, 0.2) is 64.3 Å². The predicted octanol–water partition coefficient (Wildman–Crippen LogP) is 7.85. The Kier molecular flexibility index (Phi) is 18.0. The van der Waals surface area contributed by atoms with Crippen LogP contribution in [0.25, 0.3) is 6.08 Å². The number of aliphatic hydroxyl groups is 6.